The number of nitrogens with zero attached hydrogens (tertiary/aromatic N) is 6. The van der Waals surface area contributed by atoms with E-state index in [1.165, 1.54) is 4.90 Å². The minimum absolute atomic E-state index is 0.00863. The Bertz CT molecular complexity index is 1240. The fourth-order valence-corrected chi connectivity index (χ4v) is 4.34. The Labute approximate surface area is 205 Å². The van der Waals surface area contributed by atoms with Gasteiger partial charge < -0.3 is 15.1 Å². The van der Waals surface area contributed by atoms with Crippen molar-refractivity contribution in [1.82, 2.24) is 29.7 Å². The second-order valence-corrected chi connectivity index (χ2v) is 9.26. The minimum Gasteiger partial charge on any atom is -0.345 e. The molecule has 9 heteroatoms. The number of pyridine rings is 2. The number of aromatic nitrogens is 4. The predicted octanol–water partition coefficient (Wildman–Crippen LogP) is 3.80. The highest BCUT2D eigenvalue weighted by Crippen LogP contribution is 2.31. The van der Waals surface area contributed by atoms with Gasteiger partial charge in [-0.25, -0.2) is 9.97 Å². The van der Waals surface area contributed by atoms with Crippen molar-refractivity contribution in [3.05, 3.63) is 59.9 Å². The van der Waals surface area contributed by atoms with E-state index in [0.29, 0.717) is 29.4 Å². The van der Waals surface area contributed by atoms with Crippen LogP contribution in [0.4, 0.5) is 11.5 Å². The van der Waals surface area contributed by atoms with Crippen molar-refractivity contribution >= 4 is 23.3 Å². The lowest BCUT2D eigenvalue weighted by Gasteiger charge is -2.37. The number of carbonyl (C=O) groups excluding carboxylic acids is 2. The topological polar surface area (TPSA) is 104 Å². The van der Waals surface area contributed by atoms with Gasteiger partial charge in [0.05, 0.1) is 11.3 Å². The SMILES string of the molecule is CC(=O)N1C[C@H](c2nc(Nc3ccnc(C)c3)cc(-c3cncc(C(=O)N(C)C)c3)n2)CC[C@@H]1C. The van der Waals surface area contributed by atoms with E-state index in [-0.39, 0.29) is 23.8 Å². The number of piperidine rings is 1. The monoisotopic (exact) mass is 473 g/mol. The van der Waals surface area contributed by atoms with Crippen molar-refractivity contribution in [3.8, 4) is 11.3 Å². The van der Waals surface area contributed by atoms with Crippen molar-refractivity contribution in [1.29, 1.82) is 0 Å². The smallest absolute Gasteiger partial charge is 0.254 e. The Morgan fingerprint density at radius 3 is 2.63 bits per heavy atom. The molecule has 0 radical (unpaired) electrons. The fraction of sp³-hybridized carbons (Fsp3) is 0.385. The van der Waals surface area contributed by atoms with Crippen LogP contribution < -0.4 is 5.32 Å². The van der Waals surface area contributed by atoms with E-state index in [2.05, 4.69) is 22.2 Å². The first kappa shape index (κ1) is 24.3. The molecule has 9 nitrogen and oxygen atoms in total. The Hall–Kier alpha value is -3.88. The molecule has 0 spiro atoms. The van der Waals surface area contributed by atoms with Crippen molar-refractivity contribution in [2.75, 3.05) is 26.0 Å². The normalized spacial score (nSPS) is 17.7. The van der Waals surface area contributed by atoms with Crippen LogP contribution in [-0.2, 0) is 4.79 Å². The van der Waals surface area contributed by atoms with Crippen molar-refractivity contribution in [2.24, 2.45) is 0 Å². The molecule has 3 aromatic rings. The molecule has 182 valence electrons. The Morgan fingerprint density at radius 1 is 1.11 bits per heavy atom. The number of nitrogens with one attached hydrogen (secondary N) is 1. The molecular weight excluding hydrogens is 442 g/mol. The Kier molecular flexibility index (Phi) is 7.04. The molecule has 2 amide bonds. The zero-order chi connectivity index (χ0) is 25.1. The lowest BCUT2D eigenvalue weighted by Crippen LogP contribution is -2.44. The highest BCUT2D eigenvalue weighted by Gasteiger charge is 2.30. The minimum atomic E-state index is -0.127. The summed E-state index contributed by atoms with van der Waals surface area (Å²) in [5, 5.41) is 3.37. The van der Waals surface area contributed by atoms with Crippen LogP contribution in [0.15, 0.2) is 42.9 Å². The zero-order valence-corrected chi connectivity index (χ0v) is 20.8. The van der Waals surface area contributed by atoms with Crippen molar-refractivity contribution in [2.45, 2.75) is 45.6 Å². The highest BCUT2D eigenvalue weighted by molar-refractivity contribution is 5.94. The summed E-state index contributed by atoms with van der Waals surface area (Å²) >= 11 is 0. The first-order valence-corrected chi connectivity index (χ1v) is 11.7. The third kappa shape index (κ3) is 5.62. The van der Waals surface area contributed by atoms with Gasteiger partial charge in [0.2, 0.25) is 5.91 Å². The summed E-state index contributed by atoms with van der Waals surface area (Å²) in [5.41, 5.74) is 3.63. The van der Waals surface area contributed by atoms with Gasteiger partial charge in [0, 0.05) is 81.1 Å². The number of hydrogen-bond acceptors (Lipinski definition) is 7. The number of rotatable bonds is 5. The largest absolute Gasteiger partial charge is 0.345 e. The Morgan fingerprint density at radius 2 is 1.91 bits per heavy atom. The van der Waals surface area contributed by atoms with E-state index in [4.69, 9.17) is 9.97 Å². The second-order valence-electron chi connectivity index (χ2n) is 9.26. The van der Waals surface area contributed by atoms with Gasteiger partial charge in [-0.1, -0.05) is 0 Å². The van der Waals surface area contributed by atoms with Crippen molar-refractivity contribution in [3.63, 3.8) is 0 Å². The van der Waals surface area contributed by atoms with Crippen LogP contribution >= 0.6 is 0 Å². The molecule has 35 heavy (non-hydrogen) atoms. The average molecular weight is 474 g/mol. The fourth-order valence-electron chi connectivity index (χ4n) is 4.34. The highest BCUT2D eigenvalue weighted by atomic mass is 16.2. The summed E-state index contributed by atoms with van der Waals surface area (Å²) in [7, 11) is 3.42. The molecule has 1 aliphatic heterocycles. The molecule has 1 fully saturated rings. The first-order valence-electron chi connectivity index (χ1n) is 11.7. The quantitative estimate of drug-likeness (QED) is 0.601. The van der Waals surface area contributed by atoms with Gasteiger partial charge in [-0.2, -0.15) is 0 Å². The molecule has 2 atom stereocenters. The van der Waals surface area contributed by atoms with Crippen LogP contribution in [0.5, 0.6) is 0 Å². The maximum absolute atomic E-state index is 12.5. The molecule has 0 aliphatic carbocycles. The standard InChI is InChI=1S/C26H31N7O2/c1-16-10-22(8-9-28-16)29-24-12-23(20-11-21(14-27-13-20)26(35)32(4)5)30-25(31-24)19-7-6-17(2)33(15-19)18(3)34/h8-14,17,19H,6-7,15H2,1-5H3,(H,28,29,30,31)/t17-,19+/m0/s1. The summed E-state index contributed by atoms with van der Waals surface area (Å²) in [5.74, 6) is 1.24. The third-order valence-electron chi connectivity index (χ3n) is 6.25. The van der Waals surface area contributed by atoms with E-state index in [9.17, 15) is 9.59 Å². The molecule has 1 N–H and O–H groups in total. The first-order chi connectivity index (χ1) is 16.7. The van der Waals surface area contributed by atoms with Crippen LogP contribution in [0.3, 0.4) is 0 Å². The molecule has 4 heterocycles. The third-order valence-corrected chi connectivity index (χ3v) is 6.25. The average Bonchev–Trinajstić information content (AvgIpc) is 2.83. The molecule has 3 aromatic heterocycles. The molecule has 0 aromatic carbocycles. The van der Waals surface area contributed by atoms with Gasteiger partial charge >= 0.3 is 0 Å². The number of hydrogen-bond donors (Lipinski definition) is 1. The van der Waals surface area contributed by atoms with Crippen molar-refractivity contribution < 1.29 is 9.59 Å². The van der Waals surface area contributed by atoms with Gasteiger partial charge in [0.25, 0.3) is 5.91 Å². The van der Waals surface area contributed by atoms with E-state index >= 15 is 0 Å². The summed E-state index contributed by atoms with van der Waals surface area (Å²) in [6, 6.07) is 7.68. The number of likely N-dealkylation sites (tertiary alicyclic amines) is 1. The van der Waals surface area contributed by atoms with Gasteiger partial charge in [0.15, 0.2) is 0 Å². The maximum Gasteiger partial charge on any atom is 0.254 e. The summed E-state index contributed by atoms with van der Waals surface area (Å²) < 4.78 is 0. The molecular formula is C26H31N7O2. The van der Waals surface area contributed by atoms with Crippen LogP contribution in [0.25, 0.3) is 11.3 Å². The lowest BCUT2D eigenvalue weighted by atomic mass is 9.92. The number of amides is 2. The maximum atomic E-state index is 12.5. The number of anilines is 2. The molecule has 0 unspecified atom stereocenters. The lowest BCUT2D eigenvalue weighted by molar-refractivity contribution is -0.132. The summed E-state index contributed by atoms with van der Waals surface area (Å²) in [6.45, 7) is 6.19. The van der Waals surface area contributed by atoms with Crippen LogP contribution in [-0.4, -0.2) is 68.2 Å². The van der Waals surface area contributed by atoms with E-state index in [1.54, 1.807) is 45.7 Å². The Balaban J connectivity index is 1.75. The van der Waals surface area contributed by atoms with E-state index in [1.807, 2.05) is 30.0 Å². The van der Waals surface area contributed by atoms with E-state index in [0.717, 1.165) is 29.8 Å². The second kappa shape index (κ2) is 10.2. The number of aryl methyl sites for hydroxylation is 1. The predicted molar refractivity (Wildman–Crippen MR) is 134 cm³/mol. The molecule has 4 rings (SSSR count). The molecule has 0 bridgehead atoms. The van der Waals surface area contributed by atoms with Crippen LogP contribution in [0.2, 0.25) is 0 Å². The molecule has 1 aliphatic rings. The summed E-state index contributed by atoms with van der Waals surface area (Å²) in [6.07, 6.45) is 6.77. The molecule has 0 saturated carbocycles. The zero-order valence-electron chi connectivity index (χ0n) is 20.8. The van der Waals surface area contributed by atoms with Crippen LogP contribution in [0.1, 0.15) is 54.5 Å². The summed E-state index contributed by atoms with van der Waals surface area (Å²) in [4.78, 5) is 46.4. The number of carbonyl (C=O) groups is 2. The van der Waals surface area contributed by atoms with Gasteiger partial charge in [-0.15, -0.1) is 0 Å². The molecule has 1 saturated heterocycles. The van der Waals surface area contributed by atoms with Gasteiger partial charge in [-0.3, -0.25) is 19.6 Å². The van der Waals surface area contributed by atoms with Gasteiger partial charge in [0.1, 0.15) is 11.6 Å². The van der Waals surface area contributed by atoms with Crippen LogP contribution in [0, 0.1) is 6.92 Å². The van der Waals surface area contributed by atoms with E-state index < -0.39 is 0 Å². The van der Waals surface area contributed by atoms with Gasteiger partial charge in [-0.05, 0) is 44.9 Å².